The van der Waals surface area contributed by atoms with Crippen molar-refractivity contribution < 1.29 is 8.91 Å². The third-order valence-electron chi connectivity index (χ3n) is 1.69. The van der Waals surface area contributed by atoms with Crippen LogP contribution < -0.4 is 0 Å². The standard InChI is InChI=1S/C8H5BrFNO/c1-4-5-2-6(9)7(10)3-8(5)12-11-4/h2-3H,1H3. The van der Waals surface area contributed by atoms with Gasteiger partial charge in [-0.15, -0.1) is 0 Å². The molecule has 2 rings (SSSR count). The van der Waals surface area contributed by atoms with E-state index >= 15 is 0 Å². The summed E-state index contributed by atoms with van der Waals surface area (Å²) in [5.74, 6) is -0.335. The highest BCUT2D eigenvalue weighted by atomic mass is 79.9. The SMILES string of the molecule is Cc1noc2cc(F)c(Br)cc12. The molecule has 0 atom stereocenters. The van der Waals surface area contributed by atoms with E-state index in [4.69, 9.17) is 4.52 Å². The number of rotatable bonds is 0. The lowest BCUT2D eigenvalue weighted by Crippen LogP contribution is -1.76. The first-order valence-corrected chi connectivity index (χ1v) is 4.19. The fourth-order valence-corrected chi connectivity index (χ4v) is 1.40. The predicted molar refractivity (Wildman–Crippen MR) is 46.4 cm³/mol. The maximum absolute atomic E-state index is 12.9. The smallest absolute Gasteiger partial charge is 0.170 e. The van der Waals surface area contributed by atoms with Gasteiger partial charge in [-0.25, -0.2) is 4.39 Å². The van der Waals surface area contributed by atoms with Gasteiger partial charge in [0, 0.05) is 11.5 Å². The van der Waals surface area contributed by atoms with Crippen molar-refractivity contribution in [2.24, 2.45) is 0 Å². The number of halogens is 2. The molecule has 0 unspecified atom stereocenters. The summed E-state index contributed by atoms with van der Waals surface area (Å²) < 4.78 is 18.2. The Kier molecular flexibility index (Phi) is 1.65. The summed E-state index contributed by atoms with van der Waals surface area (Å²) >= 11 is 3.09. The van der Waals surface area contributed by atoms with Crippen molar-refractivity contribution in [1.29, 1.82) is 0 Å². The van der Waals surface area contributed by atoms with Gasteiger partial charge in [0.2, 0.25) is 0 Å². The molecule has 1 aromatic heterocycles. The third-order valence-corrected chi connectivity index (χ3v) is 2.30. The molecule has 0 fully saturated rings. The molecule has 0 N–H and O–H groups in total. The summed E-state index contributed by atoms with van der Waals surface area (Å²) in [6.45, 7) is 1.82. The van der Waals surface area contributed by atoms with Crippen molar-refractivity contribution in [1.82, 2.24) is 5.16 Å². The normalized spacial score (nSPS) is 10.9. The molecular formula is C8H5BrFNO. The Morgan fingerprint density at radius 3 is 3.00 bits per heavy atom. The van der Waals surface area contributed by atoms with Gasteiger partial charge in [-0.2, -0.15) is 0 Å². The van der Waals surface area contributed by atoms with Gasteiger partial charge < -0.3 is 4.52 Å². The topological polar surface area (TPSA) is 26.0 Å². The summed E-state index contributed by atoms with van der Waals surface area (Å²) in [5.41, 5.74) is 1.25. The van der Waals surface area contributed by atoms with Crippen molar-refractivity contribution in [3.05, 3.63) is 28.1 Å². The maximum Gasteiger partial charge on any atom is 0.170 e. The van der Waals surface area contributed by atoms with Crippen LogP contribution in [0.25, 0.3) is 11.0 Å². The summed E-state index contributed by atoms with van der Waals surface area (Å²) in [6, 6.07) is 2.98. The van der Waals surface area contributed by atoms with Crippen LogP contribution in [-0.2, 0) is 0 Å². The first-order chi connectivity index (χ1) is 5.68. The quantitative estimate of drug-likeness (QED) is 0.695. The number of hydrogen-bond donors (Lipinski definition) is 0. The van der Waals surface area contributed by atoms with Crippen LogP contribution in [-0.4, -0.2) is 5.16 Å². The number of fused-ring (bicyclic) bond motifs is 1. The monoisotopic (exact) mass is 229 g/mol. The van der Waals surface area contributed by atoms with E-state index in [2.05, 4.69) is 21.1 Å². The first-order valence-electron chi connectivity index (χ1n) is 3.39. The molecule has 0 aliphatic heterocycles. The number of aryl methyl sites for hydroxylation is 1. The minimum atomic E-state index is -0.335. The second-order valence-electron chi connectivity index (χ2n) is 2.53. The van der Waals surface area contributed by atoms with E-state index in [1.54, 1.807) is 6.07 Å². The molecule has 0 amide bonds. The summed E-state index contributed by atoms with van der Waals surface area (Å²) in [5, 5.41) is 4.55. The van der Waals surface area contributed by atoms with Crippen LogP contribution in [0.15, 0.2) is 21.1 Å². The predicted octanol–water partition coefficient (Wildman–Crippen LogP) is 3.04. The summed E-state index contributed by atoms with van der Waals surface area (Å²) in [7, 11) is 0. The highest BCUT2D eigenvalue weighted by molar-refractivity contribution is 9.10. The fraction of sp³-hybridized carbons (Fsp3) is 0.125. The Morgan fingerprint density at radius 2 is 2.25 bits per heavy atom. The lowest BCUT2D eigenvalue weighted by atomic mass is 10.2. The average molecular weight is 230 g/mol. The molecule has 0 saturated carbocycles. The van der Waals surface area contributed by atoms with Crippen LogP contribution in [0.1, 0.15) is 5.69 Å². The van der Waals surface area contributed by atoms with Crippen molar-refractivity contribution in [2.45, 2.75) is 6.92 Å². The minimum absolute atomic E-state index is 0.335. The van der Waals surface area contributed by atoms with Crippen molar-refractivity contribution in [3.8, 4) is 0 Å². The molecule has 62 valence electrons. The molecule has 0 aliphatic carbocycles. The van der Waals surface area contributed by atoms with Crippen molar-refractivity contribution >= 4 is 26.9 Å². The first kappa shape index (κ1) is 7.73. The zero-order valence-electron chi connectivity index (χ0n) is 6.27. The van der Waals surface area contributed by atoms with E-state index in [1.165, 1.54) is 6.07 Å². The largest absolute Gasteiger partial charge is 0.356 e. The van der Waals surface area contributed by atoms with E-state index in [-0.39, 0.29) is 5.82 Å². The molecule has 0 saturated heterocycles. The lowest BCUT2D eigenvalue weighted by molar-refractivity contribution is 0.448. The van der Waals surface area contributed by atoms with E-state index in [0.717, 1.165) is 11.1 Å². The fourth-order valence-electron chi connectivity index (χ4n) is 1.05. The summed E-state index contributed by atoms with van der Waals surface area (Å²) in [4.78, 5) is 0. The molecular weight excluding hydrogens is 225 g/mol. The van der Waals surface area contributed by atoms with Crippen LogP contribution >= 0.6 is 15.9 Å². The average Bonchev–Trinajstić information content (AvgIpc) is 2.35. The Morgan fingerprint density at radius 1 is 1.50 bits per heavy atom. The number of benzene rings is 1. The molecule has 2 aromatic rings. The molecule has 0 bridgehead atoms. The highest BCUT2D eigenvalue weighted by Gasteiger charge is 2.07. The molecule has 12 heavy (non-hydrogen) atoms. The van der Waals surface area contributed by atoms with Crippen LogP contribution in [0.5, 0.6) is 0 Å². The molecule has 0 aliphatic rings. The second kappa shape index (κ2) is 2.55. The van der Waals surface area contributed by atoms with Crippen LogP contribution in [0.2, 0.25) is 0 Å². The second-order valence-corrected chi connectivity index (χ2v) is 3.38. The maximum atomic E-state index is 12.9. The Hall–Kier alpha value is -0.900. The van der Waals surface area contributed by atoms with Gasteiger partial charge in [-0.05, 0) is 28.9 Å². The van der Waals surface area contributed by atoms with Crippen molar-refractivity contribution in [3.63, 3.8) is 0 Å². The van der Waals surface area contributed by atoms with Gasteiger partial charge >= 0.3 is 0 Å². The van der Waals surface area contributed by atoms with Gasteiger partial charge in [0.15, 0.2) is 5.58 Å². The molecule has 2 nitrogen and oxygen atoms in total. The Balaban J connectivity index is 2.87. The van der Waals surface area contributed by atoms with Crippen molar-refractivity contribution in [2.75, 3.05) is 0 Å². The van der Waals surface area contributed by atoms with Gasteiger partial charge in [-0.3, -0.25) is 0 Å². The van der Waals surface area contributed by atoms with Crippen LogP contribution in [0.4, 0.5) is 4.39 Å². The number of nitrogens with zero attached hydrogens (tertiary/aromatic N) is 1. The van der Waals surface area contributed by atoms with Crippen LogP contribution in [0.3, 0.4) is 0 Å². The lowest BCUT2D eigenvalue weighted by Gasteiger charge is -1.92. The summed E-state index contributed by atoms with van der Waals surface area (Å²) in [6.07, 6.45) is 0. The zero-order valence-corrected chi connectivity index (χ0v) is 7.85. The molecule has 1 heterocycles. The van der Waals surface area contributed by atoms with E-state index < -0.39 is 0 Å². The Bertz CT molecular complexity index is 438. The third kappa shape index (κ3) is 1.03. The van der Waals surface area contributed by atoms with E-state index in [9.17, 15) is 4.39 Å². The van der Waals surface area contributed by atoms with Gasteiger partial charge in [0.1, 0.15) is 5.82 Å². The molecule has 1 aromatic carbocycles. The number of hydrogen-bond acceptors (Lipinski definition) is 2. The molecule has 4 heteroatoms. The molecule has 0 radical (unpaired) electrons. The van der Waals surface area contributed by atoms with Gasteiger partial charge in [0.25, 0.3) is 0 Å². The van der Waals surface area contributed by atoms with E-state index in [0.29, 0.717) is 10.1 Å². The minimum Gasteiger partial charge on any atom is -0.356 e. The van der Waals surface area contributed by atoms with Gasteiger partial charge in [-0.1, -0.05) is 5.16 Å². The Labute approximate surface area is 76.5 Å². The zero-order chi connectivity index (χ0) is 8.72. The van der Waals surface area contributed by atoms with E-state index in [1.807, 2.05) is 6.92 Å². The van der Waals surface area contributed by atoms with Gasteiger partial charge in [0.05, 0.1) is 10.2 Å². The highest BCUT2D eigenvalue weighted by Crippen LogP contribution is 2.25. The van der Waals surface area contributed by atoms with Crippen LogP contribution in [0, 0.1) is 12.7 Å². The molecule has 0 spiro atoms. The number of aromatic nitrogens is 1.